The van der Waals surface area contributed by atoms with E-state index in [1.165, 1.54) is 0 Å². The molecule has 0 aromatic rings. The molecular formula is C15H23NO2. The van der Waals surface area contributed by atoms with Crippen molar-refractivity contribution < 1.29 is 9.59 Å². The van der Waals surface area contributed by atoms with Gasteiger partial charge in [-0.15, -0.1) is 0 Å². The number of amides is 1. The first kappa shape index (κ1) is 14.7. The predicted octanol–water partition coefficient (Wildman–Crippen LogP) is 2.77. The van der Waals surface area contributed by atoms with Crippen LogP contribution in [0.3, 0.4) is 0 Å². The molecule has 1 fully saturated rings. The maximum Gasteiger partial charge on any atom is 0.243 e. The van der Waals surface area contributed by atoms with Gasteiger partial charge in [-0.1, -0.05) is 25.0 Å². The number of nitrogens with one attached hydrogen (secondary N) is 1. The van der Waals surface area contributed by atoms with Gasteiger partial charge in [-0.05, 0) is 44.8 Å². The van der Waals surface area contributed by atoms with Gasteiger partial charge >= 0.3 is 0 Å². The highest BCUT2D eigenvalue weighted by atomic mass is 16.1. The van der Waals surface area contributed by atoms with Gasteiger partial charge in [0.1, 0.15) is 0 Å². The van der Waals surface area contributed by atoms with Crippen LogP contribution in [0.5, 0.6) is 0 Å². The van der Waals surface area contributed by atoms with E-state index in [1.807, 2.05) is 13.8 Å². The molecule has 1 amide bonds. The van der Waals surface area contributed by atoms with Crippen LogP contribution in [0.25, 0.3) is 0 Å². The normalized spacial score (nSPS) is 24.6. The zero-order chi connectivity index (χ0) is 13.4. The monoisotopic (exact) mass is 249 g/mol. The number of carbonyl (C=O) groups excluding carboxylic acids is 2. The lowest BCUT2D eigenvalue weighted by atomic mass is 9.81. The fourth-order valence-electron chi connectivity index (χ4n) is 2.54. The van der Waals surface area contributed by atoms with Crippen molar-refractivity contribution in [1.29, 1.82) is 0 Å². The van der Waals surface area contributed by atoms with Gasteiger partial charge in [0.15, 0.2) is 5.78 Å². The third-order valence-corrected chi connectivity index (χ3v) is 3.37. The van der Waals surface area contributed by atoms with E-state index in [2.05, 4.69) is 5.32 Å². The van der Waals surface area contributed by atoms with Crippen molar-refractivity contribution in [2.24, 2.45) is 5.92 Å². The van der Waals surface area contributed by atoms with Crippen molar-refractivity contribution in [3.05, 3.63) is 24.3 Å². The molecular weight excluding hydrogens is 226 g/mol. The number of hydrogen-bond donors (Lipinski definition) is 1. The summed E-state index contributed by atoms with van der Waals surface area (Å²) in [7, 11) is 0. The van der Waals surface area contributed by atoms with Gasteiger partial charge in [-0.3, -0.25) is 9.59 Å². The molecule has 0 saturated heterocycles. The van der Waals surface area contributed by atoms with Crippen LogP contribution in [0.1, 0.15) is 46.0 Å². The molecule has 0 heterocycles. The predicted molar refractivity (Wildman–Crippen MR) is 73.1 cm³/mol. The summed E-state index contributed by atoms with van der Waals surface area (Å²) >= 11 is 0. The van der Waals surface area contributed by atoms with Gasteiger partial charge < -0.3 is 5.32 Å². The molecule has 0 spiro atoms. The zero-order valence-electron chi connectivity index (χ0n) is 11.3. The molecule has 0 aliphatic heterocycles. The van der Waals surface area contributed by atoms with Crippen molar-refractivity contribution in [2.75, 3.05) is 0 Å². The van der Waals surface area contributed by atoms with Crippen LogP contribution in [0.15, 0.2) is 24.3 Å². The summed E-state index contributed by atoms with van der Waals surface area (Å²) in [5.41, 5.74) is 0. The van der Waals surface area contributed by atoms with Gasteiger partial charge in [0.05, 0.1) is 0 Å². The van der Waals surface area contributed by atoms with Gasteiger partial charge in [-0.25, -0.2) is 0 Å². The summed E-state index contributed by atoms with van der Waals surface area (Å²) in [6, 6.07) is 0.150. The number of hydrogen-bond acceptors (Lipinski definition) is 2. The molecule has 1 aliphatic rings. The lowest BCUT2D eigenvalue weighted by Crippen LogP contribution is -2.42. The Morgan fingerprint density at radius 2 is 1.78 bits per heavy atom. The lowest BCUT2D eigenvalue weighted by molar-refractivity contribution is -0.119. The third kappa shape index (κ3) is 4.86. The van der Waals surface area contributed by atoms with Crippen LogP contribution in [-0.4, -0.2) is 17.7 Å². The van der Waals surface area contributed by atoms with E-state index in [0.29, 0.717) is 6.42 Å². The van der Waals surface area contributed by atoms with Crippen molar-refractivity contribution in [3.8, 4) is 0 Å². The molecule has 0 aromatic carbocycles. The molecule has 1 saturated carbocycles. The van der Waals surface area contributed by atoms with E-state index in [9.17, 15) is 9.59 Å². The van der Waals surface area contributed by atoms with Crippen LogP contribution in [0, 0.1) is 5.92 Å². The molecule has 3 heteroatoms. The summed E-state index contributed by atoms with van der Waals surface area (Å²) in [5, 5.41) is 3.02. The Kier molecular flexibility index (Phi) is 6.40. The number of ketones is 1. The molecule has 0 radical (unpaired) electrons. The molecule has 3 nitrogen and oxygen atoms in total. The Labute approximate surface area is 109 Å². The average molecular weight is 249 g/mol. The highest BCUT2D eigenvalue weighted by molar-refractivity contribution is 5.90. The maximum absolute atomic E-state index is 11.7. The van der Waals surface area contributed by atoms with E-state index in [4.69, 9.17) is 0 Å². The standard InChI is InChI=1S/C15H23NO2/c1-3-7-13(17)11-12-9-5-6-10-14(12)16-15(18)8-4-2/h3-4,7-8,12,14H,5-6,9-11H2,1-2H3,(H,16,18)/b7-3+,8-4+. The van der Waals surface area contributed by atoms with Crippen molar-refractivity contribution in [2.45, 2.75) is 52.0 Å². The number of carbonyl (C=O) groups is 2. The van der Waals surface area contributed by atoms with E-state index >= 15 is 0 Å². The first-order chi connectivity index (χ1) is 8.67. The number of allylic oxidation sites excluding steroid dienone is 3. The highest BCUT2D eigenvalue weighted by Gasteiger charge is 2.27. The molecule has 18 heavy (non-hydrogen) atoms. The third-order valence-electron chi connectivity index (χ3n) is 3.37. The molecule has 1 aliphatic carbocycles. The second kappa shape index (κ2) is 7.85. The van der Waals surface area contributed by atoms with E-state index < -0.39 is 0 Å². The summed E-state index contributed by atoms with van der Waals surface area (Å²) in [4.78, 5) is 23.2. The minimum atomic E-state index is -0.0483. The molecule has 0 bridgehead atoms. The molecule has 100 valence electrons. The fourth-order valence-corrected chi connectivity index (χ4v) is 2.54. The van der Waals surface area contributed by atoms with Crippen LogP contribution in [0.4, 0.5) is 0 Å². The highest BCUT2D eigenvalue weighted by Crippen LogP contribution is 2.27. The van der Waals surface area contributed by atoms with Crippen molar-refractivity contribution in [3.63, 3.8) is 0 Å². The Bertz CT molecular complexity index is 310. The van der Waals surface area contributed by atoms with Crippen molar-refractivity contribution in [1.82, 2.24) is 5.32 Å². The second-order valence-electron chi connectivity index (χ2n) is 4.83. The first-order valence-electron chi connectivity index (χ1n) is 6.76. The van der Waals surface area contributed by atoms with E-state index in [1.54, 1.807) is 24.3 Å². The minimum Gasteiger partial charge on any atom is -0.350 e. The fraction of sp³-hybridized carbons (Fsp3) is 0.600. The first-order valence-corrected chi connectivity index (χ1v) is 6.76. The van der Waals surface area contributed by atoms with Gasteiger partial charge in [0, 0.05) is 12.5 Å². The van der Waals surface area contributed by atoms with E-state index in [0.717, 1.165) is 25.7 Å². The Morgan fingerprint density at radius 3 is 2.44 bits per heavy atom. The van der Waals surface area contributed by atoms with Crippen molar-refractivity contribution >= 4 is 11.7 Å². The average Bonchev–Trinajstić information content (AvgIpc) is 2.32. The molecule has 1 rings (SSSR count). The van der Waals surface area contributed by atoms with Crippen LogP contribution in [0.2, 0.25) is 0 Å². The molecule has 2 unspecified atom stereocenters. The summed E-state index contributed by atoms with van der Waals surface area (Å²) < 4.78 is 0. The number of rotatable bonds is 5. The summed E-state index contributed by atoms with van der Waals surface area (Å²) in [6.45, 7) is 3.68. The zero-order valence-corrected chi connectivity index (χ0v) is 11.3. The SMILES string of the molecule is C/C=C/C(=O)CC1CCCCC1NC(=O)/C=C/C. The smallest absolute Gasteiger partial charge is 0.243 e. The molecule has 0 aromatic heterocycles. The maximum atomic E-state index is 11.7. The molecule has 1 N–H and O–H groups in total. The Hall–Kier alpha value is -1.38. The topological polar surface area (TPSA) is 46.2 Å². The van der Waals surface area contributed by atoms with E-state index in [-0.39, 0.29) is 23.7 Å². The van der Waals surface area contributed by atoms with Gasteiger partial charge in [-0.2, -0.15) is 0 Å². The summed E-state index contributed by atoms with van der Waals surface area (Å²) in [5.74, 6) is 0.402. The van der Waals surface area contributed by atoms with Crippen LogP contribution >= 0.6 is 0 Å². The largest absolute Gasteiger partial charge is 0.350 e. The lowest BCUT2D eigenvalue weighted by Gasteiger charge is -2.31. The second-order valence-corrected chi connectivity index (χ2v) is 4.83. The molecule has 2 atom stereocenters. The van der Waals surface area contributed by atoms with Crippen LogP contribution < -0.4 is 5.32 Å². The Balaban J connectivity index is 2.56. The van der Waals surface area contributed by atoms with Crippen LogP contribution in [-0.2, 0) is 9.59 Å². The minimum absolute atomic E-state index is 0.0483. The van der Waals surface area contributed by atoms with Gasteiger partial charge in [0.25, 0.3) is 0 Å². The Morgan fingerprint density at radius 1 is 1.11 bits per heavy atom. The quantitative estimate of drug-likeness (QED) is 0.761. The van der Waals surface area contributed by atoms with Gasteiger partial charge in [0.2, 0.25) is 5.91 Å². The summed E-state index contributed by atoms with van der Waals surface area (Å²) in [6.07, 6.45) is 11.5.